The van der Waals surface area contributed by atoms with E-state index in [1.807, 2.05) is 12.3 Å². The molecule has 0 spiro atoms. The van der Waals surface area contributed by atoms with Gasteiger partial charge in [-0.3, -0.25) is 4.79 Å². The number of carbonyl (C=O) groups excluding carboxylic acids is 1. The minimum Gasteiger partial charge on any atom is -0.311 e. The molecule has 5 nitrogen and oxygen atoms in total. The van der Waals surface area contributed by atoms with Crippen LogP contribution in [0.1, 0.15) is 42.3 Å². The third-order valence-electron chi connectivity index (χ3n) is 5.31. The number of fused-ring (bicyclic) bond motifs is 1. The number of hydrogen-bond acceptors (Lipinski definition) is 3. The number of nitrogens with one attached hydrogen (secondary N) is 1. The number of likely N-dealkylation sites (tertiary alicyclic amines) is 1. The topological polar surface area (TPSA) is 50.2 Å². The fourth-order valence-electron chi connectivity index (χ4n) is 3.92. The van der Waals surface area contributed by atoms with Crippen LogP contribution < -0.4 is 5.32 Å². The van der Waals surface area contributed by atoms with Gasteiger partial charge in [0.25, 0.3) is 0 Å². The normalized spacial score (nSPS) is 22.2. The maximum Gasteiger partial charge on any atom is 0.226 e. The van der Waals surface area contributed by atoms with Gasteiger partial charge in [-0.25, -0.2) is 4.68 Å². The molecule has 2 aromatic rings. The molecule has 0 aliphatic carbocycles. The van der Waals surface area contributed by atoms with Crippen molar-refractivity contribution in [3.63, 3.8) is 0 Å². The van der Waals surface area contributed by atoms with E-state index in [1.54, 1.807) is 0 Å². The Hall–Kier alpha value is -2.14. The van der Waals surface area contributed by atoms with Crippen molar-refractivity contribution in [3.05, 3.63) is 47.7 Å². The van der Waals surface area contributed by atoms with Crippen LogP contribution in [0.5, 0.6) is 0 Å². The van der Waals surface area contributed by atoms with Crippen LogP contribution in [-0.2, 0) is 11.2 Å². The van der Waals surface area contributed by atoms with Gasteiger partial charge in [-0.1, -0.05) is 30.3 Å². The SMILES string of the molecule is CN1CCC(n2ncc3c2NC(=O)C[C@@H]3Cc2ccccc2)CC1. The lowest BCUT2D eigenvalue weighted by Crippen LogP contribution is -2.33. The molecular weight excluding hydrogens is 300 g/mol. The van der Waals surface area contributed by atoms with E-state index >= 15 is 0 Å². The highest BCUT2D eigenvalue weighted by Crippen LogP contribution is 2.37. The molecule has 5 heteroatoms. The Bertz CT molecular complexity index is 716. The van der Waals surface area contributed by atoms with Gasteiger partial charge >= 0.3 is 0 Å². The molecule has 1 aromatic heterocycles. The van der Waals surface area contributed by atoms with E-state index in [0.717, 1.165) is 38.2 Å². The summed E-state index contributed by atoms with van der Waals surface area (Å²) in [5.74, 6) is 1.26. The van der Waals surface area contributed by atoms with Gasteiger partial charge in [0.2, 0.25) is 5.91 Å². The highest BCUT2D eigenvalue weighted by Gasteiger charge is 2.31. The minimum absolute atomic E-state index is 0.109. The molecule has 24 heavy (non-hydrogen) atoms. The molecular formula is C19H24N4O. The Morgan fingerprint density at radius 2 is 1.96 bits per heavy atom. The molecule has 1 atom stereocenters. The molecule has 1 N–H and O–H groups in total. The van der Waals surface area contributed by atoms with Crippen LogP contribution in [0.2, 0.25) is 0 Å². The number of carbonyl (C=O) groups is 1. The maximum absolute atomic E-state index is 12.3. The fraction of sp³-hybridized carbons (Fsp3) is 0.474. The summed E-state index contributed by atoms with van der Waals surface area (Å²) in [4.78, 5) is 14.6. The largest absolute Gasteiger partial charge is 0.311 e. The third kappa shape index (κ3) is 2.96. The van der Waals surface area contributed by atoms with Crippen molar-refractivity contribution in [2.45, 2.75) is 37.6 Å². The molecule has 3 heterocycles. The van der Waals surface area contributed by atoms with Crippen molar-refractivity contribution in [1.82, 2.24) is 14.7 Å². The van der Waals surface area contributed by atoms with Gasteiger partial charge in [-0.15, -0.1) is 0 Å². The summed E-state index contributed by atoms with van der Waals surface area (Å²) in [6, 6.07) is 10.8. The van der Waals surface area contributed by atoms with Crippen molar-refractivity contribution < 1.29 is 4.79 Å². The van der Waals surface area contributed by atoms with Crippen molar-refractivity contribution in [1.29, 1.82) is 0 Å². The van der Waals surface area contributed by atoms with E-state index in [9.17, 15) is 4.79 Å². The smallest absolute Gasteiger partial charge is 0.226 e. The zero-order valence-electron chi connectivity index (χ0n) is 14.1. The molecule has 0 radical (unpaired) electrons. The second-order valence-corrected chi connectivity index (χ2v) is 7.07. The van der Waals surface area contributed by atoms with Crippen molar-refractivity contribution in [2.75, 3.05) is 25.5 Å². The van der Waals surface area contributed by atoms with Crippen molar-refractivity contribution in [2.24, 2.45) is 0 Å². The fourth-order valence-corrected chi connectivity index (χ4v) is 3.92. The minimum atomic E-state index is 0.109. The van der Waals surface area contributed by atoms with E-state index in [4.69, 9.17) is 0 Å². The Kier molecular flexibility index (Phi) is 4.10. The van der Waals surface area contributed by atoms with Gasteiger partial charge in [0.1, 0.15) is 5.82 Å². The second kappa shape index (κ2) is 6.40. The molecule has 1 fully saturated rings. The van der Waals surface area contributed by atoms with Gasteiger partial charge in [0.15, 0.2) is 0 Å². The third-order valence-corrected chi connectivity index (χ3v) is 5.31. The molecule has 2 aliphatic rings. The lowest BCUT2D eigenvalue weighted by Gasteiger charge is -2.31. The van der Waals surface area contributed by atoms with E-state index in [1.165, 1.54) is 11.1 Å². The van der Waals surface area contributed by atoms with Crippen LogP contribution in [-0.4, -0.2) is 40.7 Å². The van der Waals surface area contributed by atoms with E-state index < -0.39 is 0 Å². The van der Waals surface area contributed by atoms with Crippen LogP contribution in [0.25, 0.3) is 0 Å². The highest BCUT2D eigenvalue weighted by atomic mass is 16.1. The number of hydrogen-bond donors (Lipinski definition) is 1. The Morgan fingerprint density at radius 3 is 2.71 bits per heavy atom. The molecule has 1 aromatic carbocycles. The summed E-state index contributed by atoms with van der Waals surface area (Å²) in [6.45, 7) is 2.17. The number of benzene rings is 1. The highest BCUT2D eigenvalue weighted by molar-refractivity contribution is 5.93. The molecule has 2 aliphatic heterocycles. The Labute approximate surface area is 142 Å². The van der Waals surface area contributed by atoms with E-state index in [0.29, 0.717) is 12.5 Å². The van der Waals surface area contributed by atoms with Crippen molar-refractivity contribution >= 4 is 11.7 Å². The first-order valence-electron chi connectivity index (χ1n) is 8.80. The summed E-state index contributed by atoms with van der Waals surface area (Å²) in [7, 11) is 2.16. The first-order chi connectivity index (χ1) is 11.7. The summed E-state index contributed by atoms with van der Waals surface area (Å²) >= 11 is 0. The first kappa shape index (κ1) is 15.4. The lowest BCUT2D eigenvalue weighted by atomic mass is 9.88. The number of amides is 1. The summed E-state index contributed by atoms with van der Waals surface area (Å²) in [5.41, 5.74) is 2.47. The summed E-state index contributed by atoms with van der Waals surface area (Å²) < 4.78 is 2.07. The number of nitrogens with zero attached hydrogens (tertiary/aromatic N) is 3. The number of rotatable bonds is 3. The molecule has 126 valence electrons. The average molecular weight is 324 g/mol. The molecule has 4 rings (SSSR count). The van der Waals surface area contributed by atoms with Gasteiger partial charge in [0.05, 0.1) is 12.2 Å². The van der Waals surface area contributed by atoms with E-state index in [2.05, 4.69) is 51.3 Å². The zero-order valence-corrected chi connectivity index (χ0v) is 14.1. The predicted octanol–water partition coefficient (Wildman–Crippen LogP) is 2.82. The number of anilines is 1. The number of aromatic nitrogens is 2. The molecule has 0 saturated carbocycles. The van der Waals surface area contributed by atoms with Crippen LogP contribution in [0.4, 0.5) is 5.82 Å². The quantitative estimate of drug-likeness (QED) is 0.944. The Morgan fingerprint density at radius 1 is 1.21 bits per heavy atom. The Balaban J connectivity index is 1.60. The van der Waals surface area contributed by atoms with Crippen LogP contribution >= 0.6 is 0 Å². The van der Waals surface area contributed by atoms with Crippen LogP contribution in [0.3, 0.4) is 0 Å². The van der Waals surface area contributed by atoms with Gasteiger partial charge in [-0.2, -0.15) is 5.10 Å². The number of piperidine rings is 1. The standard InChI is InChI=1S/C19H24N4O/c1-22-9-7-16(8-10-22)23-19-17(13-20-23)15(12-18(24)21-19)11-14-5-3-2-4-6-14/h2-6,13,15-16H,7-12H2,1H3,(H,21,24)/t15-/m0/s1. The molecule has 0 bridgehead atoms. The van der Waals surface area contributed by atoms with Crippen LogP contribution in [0.15, 0.2) is 36.5 Å². The van der Waals surface area contributed by atoms with Gasteiger partial charge < -0.3 is 10.2 Å². The zero-order chi connectivity index (χ0) is 16.5. The first-order valence-corrected chi connectivity index (χ1v) is 8.80. The van der Waals surface area contributed by atoms with Crippen LogP contribution in [0, 0.1) is 0 Å². The molecule has 1 saturated heterocycles. The molecule has 0 unspecified atom stereocenters. The second-order valence-electron chi connectivity index (χ2n) is 7.07. The molecule has 1 amide bonds. The lowest BCUT2D eigenvalue weighted by molar-refractivity contribution is -0.116. The van der Waals surface area contributed by atoms with Gasteiger partial charge in [0, 0.05) is 17.9 Å². The maximum atomic E-state index is 12.3. The monoisotopic (exact) mass is 324 g/mol. The summed E-state index contributed by atoms with van der Waals surface area (Å²) in [6.07, 6.45) is 5.58. The summed E-state index contributed by atoms with van der Waals surface area (Å²) in [5, 5.41) is 7.74. The average Bonchev–Trinajstić information content (AvgIpc) is 3.00. The predicted molar refractivity (Wildman–Crippen MR) is 94.1 cm³/mol. The van der Waals surface area contributed by atoms with Crippen molar-refractivity contribution in [3.8, 4) is 0 Å². The van der Waals surface area contributed by atoms with E-state index in [-0.39, 0.29) is 11.8 Å². The van der Waals surface area contributed by atoms with Gasteiger partial charge in [-0.05, 0) is 45.0 Å².